The Hall–Kier alpha value is -1.35. The number of aryl methyl sites for hydroxylation is 1. The third-order valence-electron chi connectivity index (χ3n) is 3.68. The second-order valence-corrected chi connectivity index (χ2v) is 5.95. The largest absolute Gasteiger partial charge is 0.331 e. The molecule has 3 heteroatoms. The number of hydrogen-bond donors (Lipinski definition) is 1. The standard InChI is InChI=1S/C15H23N3/c1-10(2)11-7-6-8-12-13(11)17-14(18(12)5)15(3,4)9-16/h6-8,10H,9,16H2,1-5H3. The Balaban J connectivity index is 2.74. The predicted octanol–water partition coefficient (Wildman–Crippen LogP) is 2.93. The lowest BCUT2D eigenvalue weighted by molar-refractivity contribution is 0.487. The van der Waals surface area contributed by atoms with Crippen LogP contribution in [0.3, 0.4) is 0 Å². The molecule has 1 heterocycles. The summed E-state index contributed by atoms with van der Waals surface area (Å²) in [6, 6.07) is 6.40. The molecule has 0 aliphatic heterocycles. The van der Waals surface area contributed by atoms with Crippen LogP contribution in [-0.2, 0) is 12.5 Å². The minimum Gasteiger partial charge on any atom is -0.331 e. The summed E-state index contributed by atoms with van der Waals surface area (Å²) in [6.45, 7) is 9.29. The van der Waals surface area contributed by atoms with Gasteiger partial charge in [-0.1, -0.05) is 39.8 Å². The first-order valence-electron chi connectivity index (χ1n) is 6.54. The van der Waals surface area contributed by atoms with E-state index < -0.39 is 0 Å². The normalized spacial score (nSPS) is 12.6. The Kier molecular flexibility index (Phi) is 3.20. The van der Waals surface area contributed by atoms with E-state index in [0.29, 0.717) is 12.5 Å². The van der Waals surface area contributed by atoms with Crippen LogP contribution in [0.4, 0.5) is 0 Å². The fourth-order valence-corrected chi connectivity index (χ4v) is 2.40. The number of benzene rings is 1. The van der Waals surface area contributed by atoms with Gasteiger partial charge in [-0.15, -0.1) is 0 Å². The highest BCUT2D eigenvalue weighted by molar-refractivity contribution is 5.80. The molecule has 0 bridgehead atoms. The lowest BCUT2D eigenvalue weighted by Crippen LogP contribution is -2.31. The average Bonchev–Trinajstić information content (AvgIpc) is 2.67. The number of nitrogens with two attached hydrogens (primary N) is 1. The van der Waals surface area contributed by atoms with Crippen LogP contribution in [0, 0.1) is 0 Å². The molecular weight excluding hydrogens is 222 g/mol. The first-order valence-corrected chi connectivity index (χ1v) is 6.54. The molecule has 0 saturated carbocycles. The maximum atomic E-state index is 5.87. The zero-order valence-electron chi connectivity index (χ0n) is 12.0. The van der Waals surface area contributed by atoms with E-state index in [1.54, 1.807) is 0 Å². The molecule has 0 radical (unpaired) electrons. The van der Waals surface area contributed by atoms with E-state index in [1.807, 2.05) is 0 Å². The van der Waals surface area contributed by atoms with E-state index in [2.05, 4.69) is 57.5 Å². The number of aromatic nitrogens is 2. The zero-order valence-corrected chi connectivity index (χ0v) is 12.0. The number of hydrogen-bond acceptors (Lipinski definition) is 2. The molecule has 0 spiro atoms. The molecule has 1 aromatic heterocycles. The summed E-state index contributed by atoms with van der Waals surface area (Å²) in [5.41, 5.74) is 9.40. The van der Waals surface area contributed by atoms with Crippen LogP contribution in [-0.4, -0.2) is 16.1 Å². The van der Waals surface area contributed by atoms with Crippen molar-refractivity contribution in [2.24, 2.45) is 12.8 Å². The van der Waals surface area contributed by atoms with Gasteiger partial charge in [0.2, 0.25) is 0 Å². The molecule has 0 saturated heterocycles. The Labute approximate surface area is 109 Å². The third kappa shape index (κ3) is 1.93. The predicted molar refractivity (Wildman–Crippen MR) is 76.9 cm³/mol. The van der Waals surface area contributed by atoms with Crippen molar-refractivity contribution in [3.8, 4) is 0 Å². The van der Waals surface area contributed by atoms with Crippen LogP contribution in [0.1, 0.15) is 45.0 Å². The summed E-state index contributed by atoms with van der Waals surface area (Å²) in [4.78, 5) is 4.86. The molecular formula is C15H23N3. The van der Waals surface area contributed by atoms with Gasteiger partial charge in [0.05, 0.1) is 11.0 Å². The first kappa shape index (κ1) is 13.1. The SMILES string of the molecule is CC(C)c1cccc2c1nc(C(C)(C)CN)n2C. The number of nitrogens with zero attached hydrogens (tertiary/aromatic N) is 2. The molecule has 1 aromatic carbocycles. The van der Waals surface area contributed by atoms with Crippen LogP contribution < -0.4 is 5.73 Å². The molecule has 3 nitrogen and oxygen atoms in total. The minimum atomic E-state index is -0.0952. The Morgan fingerprint density at radius 1 is 1.33 bits per heavy atom. The van der Waals surface area contributed by atoms with Gasteiger partial charge < -0.3 is 10.3 Å². The molecule has 0 aliphatic rings. The fraction of sp³-hybridized carbons (Fsp3) is 0.533. The van der Waals surface area contributed by atoms with Gasteiger partial charge in [0.1, 0.15) is 5.82 Å². The topological polar surface area (TPSA) is 43.8 Å². The van der Waals surface area contributed by atoms with Crippen molar-refractivity contribution in [2.45, 2.75) is 39.0 Å². The molecule has 98 valence electrons. The lowest BCUT2D eigenvalue weighted by Gasteiger charge is -2.21. The first-order chi connectivity index (χ1) is 8.38. The van der Waals surface area contributed by atoms with Gasteiger partial charge in [-0.25, -0.2) is 4.98 Å². The second-order valence-electron chi connectivity index (χ2n) is 5.95. The summed E-state index contributed by atoms with van der Waals surface area (Å²) in [6.07, 6.45) is 0. The zero-order chi connectivity index (χ0) is 13.5. The molecule has 0 aliphatic carbocycles. The molecule has 18 heavy (non-hydrogen) atoms. The van der Waals surface area contributed by atoms with Gasteiger partial charge in [0, 0.05) is 19.0 Å². The molecule has 0 unspecified atom stereocenters. The second kappa shape index (κ2) is 4.39. The van der Waals surface area contributed by atoms with Gasteiger partial charge in [-0.2, -0.15) is 0 Å². The van der Waals surface area contributed by atoms with E-state index in [1.165, 1.54) is 11.1 Å². The smallest absolute Gasteiger partial charge is 0.116 e. The third-order valence-corrected chi connectivity index (χ3v) is 3.68. The van der Waals surface area contributed by atoms with Crippen LogP contribution in [0.2, 0.25) is 0 Å². The van der Waals surface area contributed by atoms with Gasteiger partial charge in [-0.05, 0) is 17.5 Å². The highest BCUT2D eigenvalue weighted by Crippen LogP contribution is 2.29. The molecule has 0 amide bonds. The highest BCUT2D eigenvalue weighted by atomic mass is 15.1. The summed E-state index contributed by atoms with van der Waals surface area (Å²) < 4.78 is 2.17. The minimum absolute atomic E-state index is 0.0952. The summed E-state index contributed by atoms with van der Waals surface area (Å²) in [7, 11) is 2.08. The van der Waals surface area contributed by atoms with Crippen LogP contribution in [0.25, 0.3) is 11.0 Å². The summed E-state index contributed by atoms with van der Waals surface area (Å²) in [5, 5.41) is 0. The van der Waals surface area contributed by atoms with Gasteiger partial charge >= 0.3 is 0 Å². The fourth-order valence-electron chi connectivity index (χ4n) is 2.40. The number of imidazole rings is 1. The molecule has 0 atom stereocenters. The van der Waals surface area contributed by atoms with E-state index in [4.69, 9.17) is 10.7 Å². The van der Waals surface area contributed by atoms with E-state index in [0.717, 1.165) is 11.3 Å². The van der Waals surface area contributed by atoms with Crippen molar-refractivity contribution < 1.29 is 0 Å². The maximum absolute atomic E-state index is 5.87. The molecule has 0 fully saturated rings. The van der Waals surface area contributed by atoms with E-state index in [9.17, 15) is 0 Å². The Morgan fingerprint density at radius 3 is 2.56 bits per heavy atom. The van der Waals surface area contributed by atoms with E-state index >= 15 is 0 Å². The Bertz CT molecular complexity index is 564. The monoisotopic (exact) mass is 245 g/mol. The van der Waals surface area contributed by atoms with Crippen molar-refractivity contribution in [2.75, 3.05) is 6.54 Å². The van der Waals surface area contributed by atoms with Crippen LogP contribution >= 0.6 is 0 Å². The van der Waals surface area contributed by atoms with Crippen LogP contribution in [0.5, 0.6) is 0 Å². The van der Waals surface area contributed by atoms with Crippen molar-refractivity contribution in [1.29, 1.82) is 0 Å². The van der Waals surface area contributed by atoms with Crippen molar-refractivity contribution in [3.63, 3.8) is 0 Å². The molecule has 2 N–H and O–H groups in total. The van der Waals surface area contributed by atoms with Crippen molar-refractivity contribution in [1.82, 2.24) is 9.55 Å². The van der Waals surface area contributed by atoms with Gasteiger partial charge in [-0.3, -0.25) is 0 Å². The van der Waals surface area contributed by atoms with Crippen molar-refractivity contribution >= 4 is 11.0 Å². The van der Waals surface area contributed by atoms with Gasteiger partial charge in [0.25, 0.3) is 0 Å². The quantitative estimate of drug-likeness (QED) is 0.903. The Morgan fingerprint density at radius 2 is 2.00 bits per heavy atom. The number of para-hydroxylation sites is 1. The van der Waals surface area contributed by atoms with Crippen LogP contribution in [0.15, 0.2) is 18.2 Å². The molecule has 2 rings (SSSR count). The summed E-state index contributed by atoms with van der Waals surface area (Å²) in [5.74, 6) is 1.55. The summed E-state index contributed by atoms with van der Waals surface area (Å²) >= 11 is 0. The number of rotatable bonds is 3. The van der Waals surface area contributed by atoms with Gasteiger partial charge in [0.15, 0.2) is 0 Å². The molecule has 2 aromatic rings. The highest BCUT2D eigenvalue weighted by Gasteiger charge is 2.25. The average molecular weight is 245 g/mol. The maximum Gasteiger partial charge on any atom is 0.116 e. The lowest BCUT2D eigenvalue weighted by atomic mass is 9.93. The van der Waals surface area contributed by atoms with E-state index in [-0.39, 0.29) is 5.41 Å². The van der Waals surface area contributed by atoms with Crippen molar-refractivity contribution in [3.05, 3.63) is 29.6 Å². The number of fused-ring (bicyclic) bond motifs is 1.